The van der Waals surface area contributed by atoms with Crippen molar-refractivity contribution < 1.29 is 23.9 Å². The van der Waals surface area contributed by atoms with Crippen LogP contribution in [-0.4, -0.2) is 41.1 Å². The molecule has 25 heavy (non-hydrogen) atoms. The zero-order valence-electron chi connectivity index (χ0n) is 16.5. The molecule has 0 aromatic rings. The van der Waals surface area contributed by atoms with Crippen LogP contribution in [0.1, 0.15) is 73.6 Å². The van der Waals surface area contributed by atoms with Crippen LogP contribution in [0, 0.1) is 11.8 Å². The van der Waals surface area contributed by atoms with E-state index in [9.17, 15) is 14.4 Å². The summed E-state index contributed by atoms with van der Waals surface area (Å²) in [6.07, 6.45) is 3.54. The van der Waals surface area contributed by atoms with Crippen molar-refractivity contribution in [3.63, 3.8) is 0 Å². The van der Waals surface area contributed by atoms with Gasteiger partial charge >= 0.3 is 12.1 Å². The molecule has 1 saturated heterocycles. The van der Waals surface area contributed by atoms with E-state index in [0.717, 1.165) is 30.6 Å². The van der Waals surface area contributed by atoms with Crippen molar-refractivity contribution >= 4 is 18.0 Å². The molecule has 0 aromatic heterocycles. The largest absolute Gasteiger partial charge is 0.459 e. The highest BCUT2D eigenvalue weighted by molar-refractivity contribution is 6.04. The SMILES string of the molecule is CCCCCC[C@H](C(=O)OC(C)(C)C)C(=O)N1C(=O)OC[C@H]1C(C)C. The van der Waals surface area contributed by atoms with Crippen LogP contribution < -0.4 is 0 Å². The molecule has 0 N–H and O–H groups in total. The standard InChI is InChI=1S/C19H33NO5/c1-7-8-9-10-11-14(17(22)25-19(4,5)6)16(21)20-15(13(2)3)12-24-18(20)23/h13-15H,7-12H2,1-6H3/t14-,15-/m0/s1. The van der Waals surface area contributed by atoms with Crippen LogP contribution in [-0.2, 0) is 19.1 Å². The Bertz CT molecular complexity index is 481. The first-order valence-electron chi connectivity index (χ1n) is 9.31. The maximum atomic E-state index is 13.0. The van der Waals surface area contributed by atoms with E-state index in [2.05, 4.69) is 6.92 Å². The van der Waals surface area contributed by atoms with Gasteiger partial charge < -0.3 is 9.47 Å². The molecule has 1 fully saturated rings. The van der Waals surface area contributed by atoms with Crippen LogP contribution in [0.4, 0.5) is 4.79 Å². The van der Waals surface area contributed by atoms with E-state index < -0.39 is 29.5 Å². The summed E-state index contributed by atoms with van der Waals surface area (Å²) in [4.78, 5) is 38.7. The van der Waals surface area contributed by atoms with Crippen molar-refractivity contribution in [2.75, 3.05) is 6.61 Å². The number of imide groups is 1. The number of amides is 2. The van der Waals surface area contributed by atoms with Gasteiger partial charge in [0.05, 0.1) is 6.04 Å². The summed E-state index contributed by atoms with van der Waals surface area (Å²) in [5, 5.41) is 0. The molecule has 0 unspecified atom stereocenters. The molecule has 144 valence electrons. The Hall–Kier alpha value is -1.59. The lowest BCUT2D eigenvalue weighted by atomic mass is 9.96. The summed E-state index contributed by atoms with van der Waals surface area (Å²) < 4.78 is 10.5. The minimum Gasteiger partial charge on any atom is -0.459 e. The first kappa shape index (κ1) is 21.5. The van der Waals surface area contributed by atoms with E-state index >= 15 is 0 Å². The summed E-state index contributed by atoms with van der Waals surface area (Å²) in [7, 11) is 0. The second kappa shape index (κ2) is 9.20. The smallest absolute Gasteiger partial charge is 0.417 e. The third-order valence-electron chi connectivity index (χ3n) is 4.25. The Morgan fingerprint density at radius 1 is 1.24 bits per heavy atom. The first-order valence-corrected chi connectivity index (χ1v) is 9.31. The number of hydrogen-bond donors (Lipinski definition) is 0. The maximum Gasteiger partial charge on any atom is 0.417 e. The minimum atomic E-state index is -0.956. The van der Waals surface area contributed by atoms with Crippen molar-refractivity contribution in [1.29, 1.82) is 0 Å². The van der Waals surface area contributed by atoms with Crippen LogP contribution in [0.2, 0.25) is 0 Å². The van der Waals surface area contributed by atoms with Gasteiger partial charge in [-0.3, -0.25) is 9.59 Å². The van der Waals surface area contributed by atoms with Gasteiger partial charge in [-0.2, -0.15) is 0 Å². The number of hydrogen-bond acceptors (Lipinski definition) is 5. The number of nitrogens with zero attached hydrogens (tertiary/aromatic N) is 1. The topological polar surface area (TPSA) is 72.9 Å². The molecule has 0 radical (unpaired) electrons. The van der Waals surface area contributed by atoms with Gasteiger partial charge in [-0.1, -0.05) is 46.5 Å². The van der Waals surface area contributed by atoms with Crippen LogP contribution in [0.3, 0.4) is 0 Å². The fourth-order valence-corrected chi connectivity index (χ4v) is 2.84. The summed E-state index contributed by atoms with van der Waals surface area (Å²) in [5.41, 5.74) is -0.679. The Morgan fingerprint density at radius 3 is 2.40 bits per heavy atom. The van der Waals surface area contributed by atoms with Crippen molar-refractivity contribution in [3.8, 4) is 0 Å². The molecular weight excluding hydrogens is 322 g/mol. The van der Waals surface area contributed by atoms with Gasteiger partial charge in [-0.25, -0.2) is 9.69 Å². The molecule has 0 spiro atoms. The molecule has 0 bridgehead atoms. The number of esters is 1. The monoisotopic (exact) mass is 355 g/mol. The molecule has 6 nitrogen and oxygen atoms in total. The molecule has 2 amide bonds. The van der Waals surface area contributed by atoms with E-state index in [1.54, 1.807) is 20.8 Å². The second-order valence-electron chi connectivity index (χ2n) is 8.03. The predicted molar refractivity (Wildman–Crippen MR) is 94.9 cm³/mol. The third-order valence-corrected chi connectivity index (χ3v) is 4.25. The van der Waals surface area contributed by atoms with Crippen molar-refractivity contribution in [1.82, 2.24) is 4.90 Å². The Labute approximate surface area is 151 Å². The normalized spacial score (nSPS) is 19.1. The lowest BCUT2D eigenvalue weighted by molar-refractivity contribution is -0.164. The molecule has 1 heterocycles. The van der Waals surface area contributed by atoms with Gasteiger partial charge in [-0.05, 0) is 33.1 Å². The van der Waals surface area contributed by atoms with Crippen LogP contribution in [0.5, 0.6) is 0 Å². The first-order chi connectivity index (χ1) is 11.6. The van der Waals surface area contributed by atoms with Crippen molar-refractivity contribution in [2.24, 2.45) is 11.8 Å². The average molecular weight is 355 g/mol. The maximum absolute atomic E-state index is 13.0. The third kappa shape index (κ3) is 6.33. The van der Waals surface area contributed by atoms with E-state index in [0.29, 0.717) is 6.42 Å². The van der Waals surface area contributed by atoms with E-state index in [1.165, 1.54) is 0 Å². The zero-order valence-corrected chi connectivity index (χ0v) is 16.5. The fourth-order valence-electron chi connectivity index (χ4n) is 2.84. The molecule has 0 aliphatic carbocycles. The number of carbonyl (C=O) groups excluding carboxylic acids is 3. The number of ether oxygens (including phenoxy) is 2. The van der Waals surface area contributed by atoms with Gasteiger partial charge in [0.15, 0.2) is 0 Å². The van der Waals surface area contributed by atoms with Gasteiger partial charge in [0, 0.05) is 0 Å². The lowest BCUT2D eigenvalue weighted by Crippen LogP contribution is -2.47. The fraction of sp³-hybridized carbons (Fsp3) is 0.842. The predicted octanol–water partition coefficient (Wildman–Crippen LogP) is 3.92. The highest BCUT2D eigenvalue weighted by Gasteiger charge is 2.44. The zero-order chi connectivity index (χ0) is 19.2. The number of rotatable bonds is 8. The molecule has 1 aliphatic heterocycles. The molecular formula is C19H33NO5. The minimum absolute atomic E-state index is 0.0646. The summed E-state index contributed by atoms with van der Waals surface area (Å²) in [5.74, 6) is -1.94. The van der Waals surface area contributed by atoms with Gasteiger partial charge in [-0.15, -0.1) is 0 Å². The average Bonchev–Trinajstić information content (AvgIpc) is 2.86. The summed E-state index contributed by atoms with van der Waals surface area (Å²) >= 11 is 0. The van der Waals surface area contributed by atoms with Gasteiger partial charge in [0.1, 0.15) is 18.1 Å². The van der Waals surface area contributed by atoms with Crippen LogP contribution in [0.25, 0.3) is 0 Å². The van der Waals surface area contributed by atoms with Crippen molar-refractivity contribution in [2.45, 2.75) is 85.3 Å². The molecule has 2 atom stereocenters. The van der Waals surface area contributed by atoms with Crippen LogP contribution >= 0.6 is 0 Å². The van der Waals surface area contributed by atoms with Crippen LogP contribution in [0.15, 0.2) is 0 Å². The number of cyclic esters (lactones) is 1. The summed E-state index contributed by atoms with van der Waals surface area (Å²) in [6, 6.07) is -0.333. The quantitative estimate of drug-likeness (QED) is 0.375. The Balaban J connectivity index is 2.93. The molecule has 1 rings (SSSR count). The Kier molecular flexibility index (Phi) is 7.90. The van der Waals surface area contributed by atoms with E-state index in [4.69, 9.17) is 9.47 Å². The number of unbranched alkanes of at least 4 members (excludes halogenated alkanes) is 3. The highest BCUT2D eigenvalue weighted by atomic mass is 16.6. The Morgan fingerprint density at radius 2 is 1.88 bits per heavy atom. The van der Waals surface area contributed by atoms with E-state index in [1.807, 2.05) is 13.8 Å². The molecule has 0 aromatic carbocycles. The van der Waals surface area contributed by atoms with Gasteiger partial charge in [0.2, 0.25) is 5.91 Å². The number of carbonyl (C=O) groups is 3. The lowest BCUT2D eigenvalue weighted by Gasteiger charge is -2.28. The van der Waals surface area contributed by atoms with Crippen molar-refractivity contribution in [3.05, 3.63) is 0 Å². The highest BCUT2D eigenvalue weighted by Crippen LogP contribution is 2.26. The van der Waals surface area contributed by atoms with Gasteiger partial charge in [0.25, 0.3) is 0 Å². The summed E-state index contributed by atoms with van der Waals surface area (Å²) in [6.45, 7) is 11.4. The molecule has 6 heteroatoms. The molecule has 1 aliphatic rings. The molecule has 0 saturated carbocycles. The second-order valence-corrected chi connectivity index (χ2v) is 8.03. The van der Waals surface area contributed by atoms with E-state index in [-0.39, 0.29) is 18.6 Å².